The Labute approximate surface area is 173 Å². The largest absolute Gasteiger partial charge is 0.423 e. The van der Waals surface area contributed by atoms with Crippen molar-refractivity contribution < 1.29 is 14.3 Å². The van der Waals surface area contributed by atoms with Gasteiger partial charge in [-0.25, -0.2) is 9.48 Å². The van der Waals surface area contributed by atoms with Gasteiger partial charge in [-0.15, -0.1) is 0 Å². The lowest BCUT2D eigenvalue weighted by Gasteiger charge is -2.15. The number of amides is 1. The van der Waals surface area contributed by atoms with E-state index in [9.17, 15) is 9.59 Å². The molecule has 0 saturated carbocycles. The van der Waals surface area contributed by atoms with Crippen LogP contribution in [0.3, 0.4) is 0 Å². The number of hydrogen-bond donors (Lipinski definition) is 0. The van der Waals surface area contributed by atoms with Crippen LogP contribution in [-0.2, 0) is 11.3 Å². The highest BCUT2D eigenvalue weighted by Crippen LogP contribution is 2.26. The number of benzene rings is 2. The van der Waals surface area contributed by atoms with Gasteiger partial charge in [0, 0.05) is 18.7 Å². The summed E-state index contributed by atoms with van der Waals surface area (Å²) in [6, 6.07) is 16.7. The molecular formula is C22H20ClN3O3. The van der Waals surface area contributed by atoms with Crippen molar-refractivity contribution in [3.05, 3.63) is 76.6 Å². The predicted octanol–water partition coefficient (Wildman–Crippen LogP) is 4.24. The topological polar surface area (TPSA) is 64.4 Å². The molecule has 3 aromatic rings. The molecule has 0 bridgehead atoms. The molecule has 1 saturated heterocycles. The number of esters is 1. The van der Waals surface area contributed by atoms with Crippen molar-refractivity contribution in [1.82, 2.24) is 9.78 Å². The summed E-state index contributed by atoms with van der Waals surface area (Å²) in [5.74, 6) is -0.0588. The van der Waals surface area contributed by atoms with E-state index in [4.69, 9.17) is 16.3 Å². The summed E-state index contributed by atoms with van der Waals surface area (Å²) >= 11 is 6.42. The Hall–Kier alpha value is -3.12. The van der Waals surface area contributed by atoms with Gasteiger partial charge in [0.2, 0.25) is 5.91 Å². The first-order valence-electron chi connectivity index (χ1n) is 9.42. The first-order chi connectivity index (χ1) is 14.0. The number of hydrogen-bond acceptors (Lipinski definition) is 4. The van der Waals surface area contributed by atoms with Gasteiger partial charge in [-0.1, -0.05) is 41.9 Å². The van der Waals surface area contributed by atoms with Crippen LogP contribution in [0, 0.1) is 6.92 Å². The van der Waals surface area contributed by atoms with Crippen molar-refractivity contribution in [3.8, 4) is 5.75 Å². The van der Waals surface area contributed by atoms with Gasteiger partial charge in [0.1, 0.15) is 16.5 Å². The summed E-state index contributed by atoms with van der Waals surface area (Å²) in [7, 11) is 0. The average molecular weight is 410 g/mol. The minimum atomic E-state index is -0.559. The summed E-state index contributed by atoms with van der Waals surface area (Å²) < 4.78 is 7.08. The molecule has 0 atom stereocenters. The molecule has 7 heteroatoms. The van der Waals surface area contributed by atoms with Crippen molar-refractivity contribution >= 4 is 29.2 Å². The third-order valence-electron chi connectivity index (χ3n) is 4.88. The van der Waals surface area contributed by atoms with E-state index >= 15 is 0 Å². The molecule has 29 heavy (non-hydrogen) atoms. The molecule has 148 valence electrons. The normalized spacial score (nSPS) is 13.7. The fraction of sp³-hybridized carbons (Fsp3) is 0.227. The Morgan fingerprint density at radius 3 is 2.52 bits per heavy atom. The van der Waals surface area contributed by atoms with Gasteiger partial charge < -0.3 is 9.64 Å². The lowest BCUT2D eigenvalue weighted by molar-refractivity contribution is -0.117. The molecule has 1 aliphatic rings. The maximum absolute atomic E-state index is 12.7. The number of rotatable bonds is 5. The fourth-order valence-electron chi connectivity index (χ4n) is 3.42. The van der Waals surface area contributed by atoms with E-state index in [-0.39, 0.29) is 16.6 Å². The van der Waals surface area contributed by atoms with E-state index < -0.39 is 5.97 Å². The van der Waals surface area contributed by atoms with Crippen LogP contribution < -0.4 is 9.64 Å². The third kappa shape index (κ3) is 4.03. The van der Waals surface area contributed by atoms with Gasteiger partial charge in [-0.2, -0.15) is 5.10 Å². The molecule has 1 aliphatic heterocycles. The number of aryl methyl sites for hydroxylation is 1. The first kappa shape index (κ1) is 19.2. The lowest BCUT2D eigenvalue weighted by atomic mass is 10.2. The quantitative estimate of drug-likeness (QED) is 0.467. The van der Waals surface area contributed by atoms with Gasteiger partial charge in [-0.05, 0) is 43.2 Å². The van der Waals surface area contributed by atoms with Gasteiger partial charge in [-0.3, -0.25) is 4.79 Å². The van der Waals surface area contributed by atoms with E-state index in [1.54, 1.807) is 40.8 Å². The summed E-state index contributed by atoms with van der Waals surface area (Å²) in [6.07, 6.45) is 1.43. The Morgan fingerprint density at radius 2 is 1.86 bits per heavy atom. The molecule has 6 nitrogen and oxygen atoms in total. The van der Waals surface area contributed by atoms with Crippen LogP contribution in [0.4, 0.5) is 5.69 Å². The predicted molar refractivity (Wildman–Crippen MR) is 111 cm³/mol. The number of anilines is 1. The zero-order chi connectivity index (χ0) is 20.4. The van der Waals surface area contributed by atoms with Crippen LogP contribution in [0.5, 0.6) is 5.75 Å². The second-order valence-corrected chi connectivity index (χ2v) is 7.28. The van der Waals surface area contributed by atoms with Crippen LogP contribution in [-0.4, -0.2) is 28.2 Å². The summed E-state index contributed by atoms with van der Waals surface area (Å²) in [5, 5.41) is 4.63. The van der Waals surface area contributed by atoms with Crippen LogP contribution in [0.25, 0.3) is 0 Å². The molecule has 0 radical (unpaired) electrons. The van der Waals surface area contributed by atoms with Crippen molar-refractivity contribution in [3.63, 3.8) is 0 Å². The highest BCUT2D eigenvalue weighted by atomic mass is 35.5. The number of carbonyl (C=O) groups excluding carboxylic acids is 2. The smallest absolute Gasteiger partial charge is 0.348 e. The third-order valence-corrected chi connectivity index (χ3v) is 5.26. The van der Waals surface area contributed by atoms with Crippen molar-refractivity contribution in [1.29, 1.82) is 0 Å². The van der Waals surface area contributed by atoms with E-state index in [1.807, 2.05) is 30.3 Å². The van der Waals surface area contributed by atoms with Crippen molar-refractivity contribution in [2.75, 3.05) is 11.4 Å². The molecule has 1 amide bonds. The van der Waals surface area contributed by atoms with Crippen LogP contribution >= 0.6 is 11.6 Å². The van der Waals surface area contributed by atoms with Crippen molar-refractivity contribution in [2.45, 2.75) is 26.3 Å². The molecule has 0 N–H and O–H groups in total. The maximum atomic E-state index is 12.7. The van der Waals surface area contributed by atoms with Gasteiger partial charge in [0.15, 0.2) is 0 Å². The standard InChI is InChI=1S/C22H20ClN3O3/c1-15-20(21(23)26(24-15)14-16-6-3-2-4-7-16)22(28)29-18-11-9-17(10-12-18)25-13-5-8-19(25)27/h2-4,6-7,9-12H,5,8,13-14H2,1H3. The molecular weight excluding hydrogens is 390 g/mol. The monoisotopic (exact) mass is 409 g/mol. The number of halogens is 1. The van der Waals surface area contributed by atoms with Gasteiger partial charge >= 0.3 is 5.97 Å². The lowest BCUT2D eigenvalue weighted by Crippen LogP contribution is -2.23. The maximum Gasteiger partial charge on any atom is 0.348 e. The summed E-state index contributed by atoms with van der Waals surface area (Å²) in [4.78, 5) is 26.3. The Kier molecular flexibility index (Phi) is 5.36. The minimum Gasteiger partial charge on any atom is -0.423 e. The van der Waals surface area contributed by atoms with E-state index in [0.717, 1.165) is 17.7 Å². The van der Waals surface area contributed by atoms with Gasteiger partial charge in [0.25, 0.3) is 0 Å². The van der Waals surface area contributed by atoms with Crippen LogP contribution in [0.1, 0.15) is 34.5 Å². The Morgan fingerprint density at radius 1 is 1.14 bits per heavy atom. The molecule has 1 aromatic heterocycles. The summed E-state index contributed by atoms with van der Waals surface area (Å²) in [6.45, 7) is 2.91. The highest BCUT2D eigenvalue weighted by Gasteiger charge is 2.24. The van der Waals surface area contributed by atoms with Gasteiger partial charge in [0.05, 0.1) is 12.2 Å². The highest BCUT2D eigenvalue weighted by molar-refractivity contribution is 6.32. The van der Waals surface area contributed by atoms with E-state index in [1.165, 1.54) is 0 Å². The molecule has 2 heterocycles. The molecule has 0 aliphatic carbocycles. The number of carbonyl (C=O) groups is 2. The second kappa shape index (κ2) is 8.09. The average Bonchev–Trinajstić information content (AvgIpc) is 3.26. The molecule has 1 fully saturated rings. The first-order valence-corrected chi connectivity index (χ1v) is 9.80. The molecule has 0 spiro atoms. The SMILES string of the molecule is Cc1nn(Cc2ccccc2)c(Cl)c1C(=O)Oc1ccc(N2CCCC2=O)cc1. The number of aromatic nitrogens is 2. The molecule has 2 aromatic carbocycles. The summed E-state index contributed by atoms with van der Waals surface area (Å²) in [5.41, 5.74) is 2.60. The fourth-order valence-corrected chi connectivity index (χ4v) is 3.73. The number of ether oxygens (including phenoxy) is 1. The minimum absolute atomic E-state index is 0.114. The Bertz CT molecular complexity index is 1050. The van der Waals surface area contributed by atoms with Crippen molar-refractivity contribution in [2.24, 2.45) is 0 Å². The molecule has 0 unspecified atom stereocenters. The van der Waals surface area contributed by atoms with Crippen LogP contribution in [0.15, 0.2) is 54.6 Å². The molecule has 4 rings (SSSR count). The second-order valence-electron chi connectivity index (χ2n) is 6.93. The zero-order valence-electron chi connectivity index (χ0n) is 16.0. The Balaban J connectivity index is 1.49. The van der Waals surface area contributed by atoms with E-state index in [0.29, 0.717) is 31.0 Å². The van der Waals surface area contributed by atoms with E-state index in [2.05, 4.69) is 5.10 Å². The number of nitrogens with zero attached hydrogens (tertiary/aromatic N) is 3. The van der Waals surface area contributed by atoms with Crippen LogP contribution in [0.2, 0.25) is 5.15 Å². The zero-order valence-corrected chi connectivity index (χ0v) is 16.7.